The molecule has 0 radical (unpaired) electrons. The van der Waals surface area contributed by atoms with Gasteiger partial charge in [0, 0.05) is 48.0 Å². The van der Waals surface area contributed by atoms with E-state index in [1.807, 2.05) is 6.07 Å². The molecule has 0 unspecified atom stereocenters. The van der Waals surface area contributed by atoms with Crippen LogP contribution in [-0.2, 0) is 32.0 Å². The van der Waals surface area contributed by atoms with Crippen molar-refractivity contribution in [2.24, 2.45) is 34.0 Å². The number of carbonyl (C=O) groups is 5. The third-order valence-corrected chi connectivity index (χ3v) is 7.85. The molecular weight excluding hydrogens is 596 g/mol. The lowest BCUT2D eigenvalue weighted by atomic mass is 9.89. The van der Waals surface area contributed by atoms with Crippen LogP contribution in [0.5, 0.6) is 0 Å². The van der Waals surface area contributed by atoms with E-state index in [-0.39, 0.29) is 55.4 Å². The second-order valence-corrected chi connectivity index (χ2v) is 11.8. The number of rotatable bonds is 19. The number of anilines is 1. The van der Waals surface area contributed by atoms with E-state index in [4.69, 9.17) is 22.9 Å². The van der Waals surface area contributed by atoms with Crippen molar-refractivity contribution in [3.63, 3.8) is 0 Å². The van der Waals surface area contributed by atoms with E-state index in [0.717, 1.165) is 11.1 Å². The molecule has 11 nitrogen and oxygen atoms in total. The van der Waals surface area contributed by atoms with Crippen LogP contribution in [-0.4, -0.2) is 47.7 Å². The van der Waals surface area contributed by atoms with E-state index >= 15 is 0 Å². The molecule has 0 saturated heterocycles. The van der Waals surface area contributed by atoms with Crippen LogP contribution >= 0.6 is 0 Å². The summed E-state index contributed by atoms with van der Waals surface area (Å²) < 4.78 is 0. The number of unbranched alkanes of at least 4 members (excludes halogenated alkanes) is 1. The topological polar surface area (TPSA) is 214 Å². The highest BCUT2D eigenvalue weighted by Gasteiger charge is 2.29. The highest BCUT2D eigenvalue weighted by molar-refractivity contribution is 6.09. The van der Waals surface area contributed by atoms with Crippen LogP contribution in [0.15, 0.2) is 83.9 Å². The maximum atomic E-state index is 13.7. The molecule has 47 heavy (non-hydrogen) atoms. The van der Waals surface area contributed by atoms with Crippen molar-refractivity contribution in [3.8, 4) is 0 Å². The second-order valence-electron chi connectivity index (χ2n) is 11.8. The number of nitrogens with one attached hydrogen (secondary N) is 1. The summed E-state index contributed by atoms with van der Waals surface area (Å²) in [5.41, 5.74) is 25.5. The number of amides is 2. The number of benzene rings is 3. The molecule has 0 aliphatic rings. The van der Waals surface area contributed by atoms with Crippen molar-refractivity contribution in [1.82, 2.24) is 5.32 Å². The molecule has 0 fully saturated rings. The van der Waals surface area contributed by atoms with Gasteiger partial charge in [-0.05, 0) is 62.3 Å². The Morgan fingerprint density at radius 3 is 1.87 bits per heavy atom. The molecule has 0 bridgehead atoms. The Balaban J connectivity index is 1.75. The lowest BCUT2D eigenvalue weighted by Gasteiger charge is -2.23. The summed E-state index contributed by atoms with van der Waals surface area (Å²) in [6.45, 7) is 1.76. The van der Waals surface area contributed by atoms with Gasteiger partial charge in [-0.2, -0.15) is 0 Å². The normalized spacial score (nSPS) is 12.7. The molecule has 2 amide bonds. The SMILES string of the molecule is CC(=O)C[C@@H](Cc1ccc(C(=O)c2ccccc2)cc1)C(=O)N[C@@H](CCCCN=C(N)N)C(=O)C[C@@H](Cc1ccc(N)cc1)C(N)=O. The highest BCUT2D eigenvalue weighted by atomic mass is 16.2. The zero-order valence-corrected chi connectivity index (χ0v) is 26.7. The van der Waals surface area contributed by atoms with Gasteiger partial charge in [0.1, 0.15) is 5.78 Å². The van der Waals surface area contributed by atoms with Crippen LogP contribution in [0, 0.1) is 11.8 Å². The molecule has 3 rings (SSSR count). The third-order valence-electron chi connectivity index (χ3n) is 7.85. The van der Waals surface area contributed by atoms with E-state index in [2.05, 4.69) is 10.3 Å². The minimum atomic E-state index is -0.921. The number of nitrogens with zero attached hydrogens (tertiary/aromatic N) is 1. The molecular formula is C36H44N6O5. The molecule has 248 valence electrons. The number of ketones is 3. The molecule has 0 aromatic heterocycles. The van der Waals surface area contributed by atoms with E-state index in [9.17, 15) is 24.0 Å². The number of guanidine groups is 1. The minimum absolute atomic E-state index is 0.0387. The van der Waals surface area contributed by atoms with Crippen LogP contribution < -0.4 is 28.3 Å². The Kier molecular flexibility index (Phi) is 13.8. The van der Waals surface area contributed by atoms with E-state index < -0.39 is 29.7 Å². The first kappa shape index (κ1) is 36.2. The van der Waals surface area contributed by atoms with Crippen molar-refractivity contribution in [3.05, 3.63) is 101 Å². The Hall–Kier alpha value is -5.32. The van der Waals surface area contributed by atoms with Crippen LogP contribution in [0.25, 0.3) is 0 Å². The number of nitrogens with two attached hydrogens (primary N) is 4. The first-order valence-corrected chi connectivity index (χ1v) is 15.6. The highest BCUT2D eigenvalue weighted by Crippen LogP contribution is 2.20. The molecule has 3 atom stereocenters. The van der Waals surface area contributed by atoms with E-state index in [1.165, 1.54) is 6.92 Å². The van der Waals surface area contributed by atoms with Gasteiger partial charge in [0.05, 0.1) is 6.04 Å². The summed E-state index contributed by atoms with van der Waals surface area (Å²) in [4.78, 5) is 68.6. The van der Waals surface area contributed by atoms with Gasteiger partial charge in [-0.3, -0.25) is 24.2 Å². The minimum Gasteiger partial charge on any atom is -0.399 e. The first-order chi connectivity index (χ1) is 22.4. The number of primary amides is 1. The number of aliphatic imine (C=N–C) groups is 1. The summed E-state index contributed by atoms with van der Waals surface area (Å²) in [6, 6.07) is 21.9. The van der Waals surface area contributed by atoms with E-state index in [1.54, 1.807) is 72.8 Å². The molecule has 3 aromatic rings. The molecule has 0 saturated carbocycles. The van der Waals surface area contributed by atoms with Crippen molar-refractivity contribution < 1.29 is 24.0 Å². The smallest absolute Gasteiger partial charge is 0.224 e. The fraction of sp³-hybridized carbons (Fsp3) is 0.333. The number of hydrogen-bond acceptors (Lipinski definition) is 7. The van der Waals surface area contributed by atoms with Gasteiger partial charge < -0.3 is 33.0 Å². The van der Waals surface area contributed by atoms with Crippen molar-refractivity contribution in [2.45, 2.75) is 57.9 Å². The summed E-state index contributed by atoms with van der Waals surface area (Å²) in [5, 5.41) is 2.86. The standard InChI is InChI=1S/C36H44N6O5/c1-23(43)19-29(21-24-10-14-27(15-11-24)33(45)26-7-3-2-4-8-26)35(47)42-31(9-5-6-18-41-36(39)40)32(44)22-28(34(38)46)20-25-12-16-30(37)17-13-25/h2-4,7-8,10-17,28-29,31H,5-6,9,18-22,37H2,1H3,(H2,38,46)(H,42,47)(H4,39,40,41)/t28-,29+,31+/m1/s1. The molecule has 0 heterocycles. The summed E-state index contributed by atoms with van der Waals surface area (Å²) in [6.07, 6.45) is 1.60. The summed E-state index contributed by atoms with van der Waals surface area (Å²) in [7, 11) is 0. The third kappa shape index (κ3) is 12.2. The molecule has 0 spiro atoms. The Morgan fingerprint density at radius 1 is 0.723 bits per heavy atom. The van der Waals surface area contributed by atoms with Crippen LogP contribution in [0.3, 0.4) is 0 Å². The quantitative estimate of drug-likeness (QED) is 0.0431. The maximum Gasteiger partial charge on any atom is 0.224 e. The number of Topliss-reactive ketones (excluding diaryl/α,β-unsaturated/α-hetero) is 2. The van der Waals surface area contributed by atoms with Crippen LogP contribution in [0.2, 0.25) is 0 Å². The largest absolute Gasteiger partial charge is 0.399 e. The number of nitrogen functional groups attached to an aromatic ring is 1. The molecule has 0 aliphatic carbocycles. The van der Waals surface area contributed by atoms with E-state index in [0.29, 0.717) is 36.2 Å². The van der Waals surface area contributed by atoms with Gasteiger partial charge in [0.15, 0.2) is 17.5 Å². The number of hydrogen-bond donors (Lipinski definition) is 5. The lowest BCUT2D eigenvalue weighted by molar-refractivity contribution is -0.133. The second kappa shape index (κ2) is 18.0. The summed E-state index contributed by atoms with van der Waals surface area (Å²) in [5.74, 6) is -3.33. The molecule has 0 aliphatic heterocycles. The van der Waals surface area contributed by atoms with Gasteiger partial charge in [-0.25, -0.2) is 0 Å². The van der Waals surface area contributed by atoms with Crippen LogP contribution in [0.1, 0.15) is 66.1 Å². The van der Waals surface area contributed by atoms with Crippen molar-refractivity contribution >= 4 is 40.8 Å². The van der Waals surface area contributed by atoms with Crippen molar-refractivity contribution in [1.29, 1.82) is 0 Å². The summed E-state index contributed by atoms with van der Waals surface area (Å²) >= 11 is 0. The Labute approximate surface area is 275 Å². The number of carbonyl (C=O) groups excluding carboxylic acids is 5. The Bertz CT molecular complexity index is 1550. The van der Waals surface area contributed by atoms with Gasteiger partial charge in [-0.1, -0.05) is 66.7 Å². The lowest BCUT2D eigenvalue weighted by Crippen LogP contribution is -2.45. The fourth-order valence-corrected chi connectivity index (χ4v) is 5.31. The maximum absolute atomic E-state index is 13.7. The molecule has 9 N–H and O–H groups in total. The van der Waals surface area contributed by atoms with Crippen LogP contribution in [0.4, 0.5) is 5.69 Å². The van der Waals surface area contributed by atoms with Crippen molar-refractivity contribution in [2.75, 3.05) is 12.3 Å². The monoisotopic (exact) mass is 640 g/mol. The van der Waals surface area contributed by atoms with Gasteiger partial charge >= 0.3 is 0 Å². The van der Waals surface area contributed by atoms with Gasteiger partial charge in [0.2, 0.25) is 11.8 Å². The van der Waals surface area contributed by atoms with Gasteiger partial charge in [-0.15, -0.1) is 0 Å². The molecule has 11 heteroatoms. The fourth-order valence-electron chi connectivity index (χ4n) is 5.31. The zero-order valence-electron chi connectivity index (χ0n) is 26.7. The predicted octanol–water partition coefficient (Wildman–Crippen LogP) is 2.87. The average molecular weight is 641 g/mol. The van der Waals surface area contributed by atoms with Gasteiger partial charge in [0.25, 0.3) is 0 Å². The molecule has 3 aromatic carbocycles. The average Bonchev–Trinajstić information content (AvgIpc) is 3.04. The predicted molar refractivity (Wildman–Crippen MR) is 182 cm³/mol. The first-order valence-electron chi connectivity index (χ1n) is 15.6. The zero-order chi connectivity index (χ0) is 34.3. The Morgan fingerprint density at radius 2 is 1.30 bits per heavy atom.